The van der Waals surface area contributed by atoms with Gasteiger partial charge in [-0.25, -0.2) is 0 Å². The van der Waals surface area contributed by atoms with Crippen molar-refractivity contribution in [3.05, 3.63) is 12.2 Å². The first-order chi connectivity index (χ1) is 5.45. The van der Waals surface area contributed by atoms with Gasteiger partial charge in [-0.3, -0.25) is 4.79 Å². The fourth-order valence-electron chi connectivity index (χ4n) is 0.661. The Bertz CT molecular complexity index is 165. The number of nitrogens with one attached hydrogen (secondary N) is 1. The zero-order valence-electron chi connectivity index (χ0n) is 8.48. The van der Waals surface area contributed by atoms with Crippen LogP contribution in [0.4, 0.5) is 0 Å². The van der Waals surface area contributed by atoms with Crippen molar-refractivity contribution >= 4 is 5.91 Å². The Morgan fingerprint density at radius 3 is 2.42 bits per heavy atom. The van der Waals surface area contributed by atoms with Crippen LogP contribution >= 0.6 is 0 Å². The molecular formula is C10H19NO. The van der Waals surface area contributed by atoms with Crippen LogP contribution in [0.25, 0.3) is 0 Å². The third kappa shape index (κ3) is 7.32. The normalized spacial score (nSPS) is 12.0. The van der Waals surface area contributed by atoms with Gasteiger partial charge in [-0.15, -0.1) is 0 Å². The van der Waals surface area contributed by atoms with Crippen molar-refractivity contribution in [1.82, 2.24) is 5.32 Å². The minimum Gasteiger partial charge on any atom is -0.355 e. The number of amides is 1. The summed E-state index contributed by atoms with van der Waals surface area (Å²) in [5.74, 6) is 0.100. The van der Waals surface area contributed by atoms with E-state index in [1.54, 1.807) is 0 Å². The van der Waals surface area contributed by atoms with E-state index in [0.717, 1.165) is 6.54 Å². The monoisotopic (exact) mass is 169 g/mol. The van der Waals surface area contributed by atoms with Crippen molar-refractivity contribution in [3.63, 3.8) is 0 Å². The Labute approximate surface area is 75.0 Å². The molecular weight excluding hydrogens is 150 g/mol. The minimum atomic E-state index is 0.100. The fraction of sp³-hybridized carbons (Fsp3) is 0.700. The van der Waals surface area contributed by atoms with E-state index in [-0.39, 0.29) is 11.3 Å². The SMILES string of the molecule is C/C=C\CC(=O)NCC(C)(C)C. The van der Waals surface area contributed by atoms with Gasteiger partial charge in [0.15, 0.2) is 0 Å². The fourth-order valence-corrected chi connectivity index (χ4v) is 0.661. The van der Waals surface area contributed by atoms with Gasteiger partial charge in [0.05, 0.1) is 0 Å². The second-order valence-corrected chi connectivity index (χ2v) is 4.11. The third-order valence-electron chi connectivity index (χ3n) is 1.35. The van der Waals surface area contributed by atoms with Crippen LogP contribution in [0.1, 0.15) is 34.1 Å². The molecule has 0 saturated carbocycles. The minimum absolute atomic E-state index is 0.100. The molecule has 0 spiro atoms. The highest BCUT2D eigenvalue weighted by atomic mass is 16.1. The molecule has 0 aliphatic heterocycles. The molecule has 70 valence electrons. The van der Waals surface area contributed by atoms with Gasteiger partial charge in [-0.1, -0.05) is 32.9 Å². The highest BCUT2D eigenvalue weighted by molar-refractivity contribution is 5.77. The van der Waals surface area contributed by atoms with Crippen molar-refractivity contribution in [1.29, 1.82) is 0 Å². The van der Waals surface area contributed by atoms with E-state index in [1.807, 2.05) is 19.1 Å². The van der Waals surface area contributed by atoms with Crippen molar-refractivity contribution in [2.24, 2.45) is 5.41 Å². The Kier molecular flexibility index (Phi) is 4.64. The van der Waals surface area contributed by atoms with E-state index < -0.39 is 0 Å². The van der Waals surface area contributed by atoms with Gasteiger partial charge in [0.1, 0.15) is 0 Å². The Balaban J connectivity index is 3.58. The first-order valence-corrected chi connectivity index (χ1v) is 4.33. The molecule has 0 rings (SSSR count). The molecule has 0 aromatic heterocycles. The van der Waals surface area contributed by atoms with Gasteiger partial charge in [0.25, 0.3) is 0 Å². The van der Waals surface area contributed by atoms with Crippen LogP contribution in [0.15, 0.2) is 12.2 Å². The molecule has 0 saturated heterocycles. The van der Waals surface area contributed by atoms with Crippen LogP contribution in [0.5, 0.6) is 0 Å². The third-order valence-corrected chi connectivity index (χ3v) is 1.35. The lowest BCUT2D eigenvalue weighted by Crippen LogP contribution is -2.31. The summed E-state index contributed by atoms with van der Waals surface area (Å²) in [6.45, 7) is 8.95. The number of carbonyl (C=O) groups is 1. The van der Waals surface area contributed by atoms with E-state index in [1.165, 1.54) is 0 Å². The molecule has 2 nitrogen and oxygen atoms in total. The summed E-state index contributed by atoms with van der Waals surface area (Å²) in [4.78, 5) is 11.1. The summed E-state index contributed by atoms with van der Waals surface area (Å²) in [6, 6.07) is 0. The van der Waals surface area contributed by atoms with Crippen LogP contribution in [0.3, 0.4) is 0 Å². The van der Waals surface area contributed by atoms with E-state index in [4.69, 9.17) is 0 Å². The lowest BCUT2D eigenvalue weighted by molar-refractivity contribution is -0.120. The molecule has 0 unspecified atom stereocenters. The molecule has 0 fully saturated rings. The Morgan fingerprint density at radius 2 is 2.00 bits per heavy atom. The zero-order valence-corrected chi connectivity index (χ0v) is 8.48. The summed E-state index contributed by atoms with van der Waals surface area (Å²) < 4.78 is 0. The maximum Gasteiger partial charge on any atom is 0.223 e. The maximum absolute atomic E-state index is 11.1. The quantitative estimate of drug-likeness (QED) is 0.644. The van der Waals surface area contributed by atoms with Crippen LogP contribution in [-0.4, -0.2) is 12.5 Å². The lowest BCUT2D eigenvalue weighted by Gasteiger charge is -2.18. The summed E-state index contributed by atoms with van der Waals surface area (Å²) in [7, 11) is 0. The predicted molar refractivity (Wildman–Crippen MR) is 51.9 cm³/mol. The average molecular weight is 169 g/mol. The van der Waals surface area contributed by atoms with Gasteiger partial charge in [-0.05, 0) is 12.3 Å². The molecule has 0 aromatic carbocycles. The molecule has 0 atom stereocenters. The molecule has 0 aliphatic carbocycles. The predicted octanol–water partition coefficient (Wildman–Crippen LogP) is 2.11. The topological polar surface area (TPSA) is 29.1 Å². The van der Waals surface area contributed by atoms with Crippen molar-refractivity contribution < 1.29 is 4.79 Å². The molecule has 1 N–H and O–H groups in total. The Hall–Kier alpha value is -0.790. The highest BCUT2D eigenvalue weighted by Crippen LogP contribution is 2.10. The van der Waals surface area contributed by atoms with Crippen LogP contribution in [0, 0.1) is 5.41 Å². The number of rotatable bonds is 3. The summed E-state index contributed by atoms with van der Waals surface area (Å²) in [5, 5.41) is 2.87. The average Bonchev–Trinajstić information content (AvgIpc) is 1.95. The summed E-state index contributed by atoms with van der Waals surface area (Å²) in [5.41, 5.74) is 0.172. The van der Waals surface area contributed by atoms with Crippen LogP contribution in [0.2, 0.25) is 0 Å². The molecule has 0 radical (unpaired) electrons. The number of hydrogen-bond acceptors (Lipinski definition) is 1. The summed E-state index contributed by atoms with van der Waals surface area (Å²) in [6.07, 6.45) is 4.24. The molecule has 0 bridgehead atoms. The van der Waals surface area contributed by atoms with E-state index >= 15 is 0 Å². The lowest BCUT2D eigenvalue weighted by atomic mass is 9.97. The van der Waals surface area contributed by atoms with Gasteiger partial charge in [-0.2, -0.15) is 0 Å². The number of carbonyl (C=O) groups excluding carboxylic acids is 1. The van der Waals surface area contributed by atoms with Gasteiger partial charge in [0.2, 0.25) is 5.91 Å². The van der Waals surface area contributed by atoms with E-state index in [9.17, 15) is 4.79 Å². The molecule has 0 heterocycles. The smallest absolute Gasteiger partial charge is 0.223 e. The molecule has 12 heavy (non-hydrogen) atoms. The van der Waals surface area contributed by atoms with E-state index in [2.05, 4.69) is 26.1 Å². The Morgan fingerprint density at radius 1 is 1.42 bits per heavy atom. The zero-order chi connectivity index (χ0) is 9.61. The van der Waals surface area contributed by atoms with Crippen molar-refractivity contribution in [2.45, 2.75) is 34.1 Å². The van der Waals surface area contributed by atoms with Gasteiger partial charge < -0.3 is 5.32 Å². The first-order valence-electron chi connectivity index (χ1n) is 4.33. The standard InChI is InChI=1S/C10H19NO/c1-5-6-7-9(12)11-8-10(2,3)4/h5-6H,7-8H2,1-4H3,(H,11,12)/b6-5-. The van der Waals surface area contributed by atoms with Gasteiger partial charge in [0, 0.05) is 13.0 Å². The van der Waals surface area contributed by atoms with Gasteiger partial charge >= 0.3 is 0 Å². The van der Waals surface area contributed by atoms with Crippen molar-refractivity contribution in [3.8, 4) is 0 Å². The van der Waals surface area contributed by atoms with Crippen LogP contribution in [-0.2, 0) is 4.79 Å². The summed E-state index contributed by atoms with van der Waals surface area (Å²) >= 11 is 0. The highest BCUT2D eigenvalue weighted by Gasteiger charge is 2.10. The molecule has 0 aliphatic rings. The second kappa shape index (κ2) is 4.96. The largest absolute Gasteiger partial charge is 0.355 e. The second-order valence-electron chi connectivity index (χ2n) is 4.11. The number of hydrogen-bond donors (Lipinski definition) is 1. The molecule has 0 aromatic rings. The maximum atomic E-state index is 11.1. The van der Waals surface area contributed by atoms with E-state index in [0.29, 0.717) is 6.42 Å². The molecule has 1 amide bonds. The van der Waals surface area contributed by atoms with Crippen molar-refractivity contribution in [2.75, 3.05) is 6.54 Å². The number of allylic oxidation sites excluding steroid dienone is 1. The molecule has 2 heteroatoms. The first kappa shape index (κ1) is 11.2. The van der Waals surface area contributed by atoms with Crippen LogP contribution < -0.4 is 5.32 Å².